The van der Waals surface area contributed by atoms with Crippen molar-refractivity contribution in [2.45, 2.75) is 55.2 Å². The summed E-state index contributed by atoms with van der Waals surface area (Å²) in [5, 5.41) is 4.19. The number of amides is 1. The van der Waals surface area contributed by atoms with Crippen LogP contribution < -0.4 is 5.32 Å². The lowest BCUT2D eigenvalue weighted by molar-refractivity contribution is -0.115. The number of fused-ring (bicyclic) bond motifs is 1. The van der Waals surface area contributed by atoms with Gasteiger partial charge in [0.05, 0.1) is 20.7 Å². The van der Waals surface area contributed by atoms with E-state index in [2.05, 4.69) is 5.32 Å². The fourth-order valence-electron chi connectivity index (χ4n) is 4.00. The number of thioether (sulfide) groups is 1. The Balaban J connectivity index is 1.53. The molecule has 2 aromatic carbocycles. The molecule has 8 heteroatoms. The van der Waals surface area contributed by atoms with Crippen molar-refractivity contribution in [3.05, 3.63) is 59.7 Å². The standard InChI is InChI=1S/C25H29N3O3S2/c1-17-9-5-6-10-22(17)27-25(29)19(3)32-24-15-18(2)21-16-20(11-12-23(21)26-24)33(30,31)28-13-7-4-8-14-28/h5-6,9-12,15-16,19H,4,7-8,13-14H2,1-3H3,(H,27,29)/t19-/m0/s1. The summed E-state index contributed by atoms with van der Waals surface area (Å²) in [5.41, 5.74) is 3.48. The summed E-state index contributed by atoms with van der Waals surface area (Å²) < 4.78 is 27.7. The molecular formula is C25H29N3O3S2. The van der Waals surface area contributed by atoms with Crippen molar-refractivity contribution in [2.24, 2.45) is 0 Å². The Bertz CT molecular complexity index is 1290. The molecular weight excluding hydrogens is 454 g/mol. The first-order chi connectivity index (χ1) is 15.8. The number of aryl methyl sites for hydroxylation is 2. The highest BCUT2D eigenvalue weighted by atomic mass is 32.2. The topological polar surface area (TPSA) is 79.4 Å². The number of carbonyl (C=O) groups is 1. The maximum absolute atomic E-state index is 13.1. The summed E-state index contributed by atoms with van der Waals surface area (Å²) in [4.78, 5) is 17.7. The highest BCUT2D eigenvalue weighted by Crippen LogP contribution is 2.30. The van der Waals surface area contributed by atoms with E-state index in [1.165, 1.54) is 11.8 Å². The molecule has 4 rings (SSSR count). The van der Waals surface area contributed by atoms with E-state index < -0.39 is 10.0 Å². The Morgan fingerprint density at radius 3 is 2.48 bits per heavy atom. The molecule has 6 nitrogen and oxygen atoms in total. The summed E-state index contributed by atoms with van der Waals surface area (Å²) in [5.74, 6) is -0.0863. The molecule has 0 unspecified atom stereocenters. The molecule has 0 radical (unpaired) electrons. The van der Waals surface area contributed by atoms with Gasteiger partial charge in [-0.3, -0.25) is 4.79 Å². The van der Waals surface area contributed by atoms with Gasteiger partial charge in [0.1, 0.15) is 0 Å². The molecule has 0 spiro atoms. The number of hydrogen-bond acceptors (Lipinski definition) is 5. The van der Waals surface area contributed by atoms with Gasteiger partial charge in [-0.2, -0.15) is 4.31 Å². The number of nitrogens with zero attached hydrogens (tertiary/aromatic N) is 2. The Labute approximate surface area is 199 Å². The first-order valence-electron chi connectivity index (χ1n) is 11.2. The number of nitrogens with one attached hydrogen (secondary N) is 1. The molecule has 1 aliphatic heterocycles. The fraction of sp³-hybridized carbons (Fsp3) is 0.360. The highest BCUT2D eigenvalue weighted by Gasteiger charge is 2.26. The first kappa shape index (κ1) is 23.7. The number of aromatic nitrogens is 1. The number of carbonyl (C=O) groups excluding carboxylic acids is 1. The van der Waals surface area contributed by atoms with E-state index in [9.17, 15) is 13.2 Å². The maximum Gasteiger partial charge on any atom is 0.243 e. The van der Waals surface area contributed by atoms with Crippen LogP contribution in [0.3, 0.4) is 0 Å². The molecule has 3 aromatic rings. The van der Waals surface area contributed by atoms with Crippen LogP contribution in [0.15, 0.2) is 58.5 Å². The zero-order chi connectivity index (χ0) is 23.6. The average molecular weight is 484 g/mol. The van der Waals surface area contributed by atoms with E-state index in [-0.39, 0.29) is 11.2 Å². The van der Waals surface area contributed by atoms with Crippen LogP contribution in [0.1, 0.15) is 37.3 Å². The number of piperidine rings is 1. The maximum atomic E-state index is 13.1. The van der Waals surface area contributed by atoms with Crippen molar-refractivity contribution in [3.63, 3.8) is 0 Å². The van der Waals surface area contributed by atoms with E-state index in [1.807, 2.05) is 51.1 Å². The van der Waals surface area contributed by atoms with Gasteiger partial charge >= 0.3 is 0 Å². The zero-order valence-corrected chi connectivity index (χ0v) is 20.8. The van der Waals surface area contributed by atoms with Crippen LogP contribution in [0.4, 0.5) is 5.69 Å². The number of anilines is 1. The summed E-state index contributed by atoms with van der Waals surface area (Å²) in [7, 11) is -3.50. The van der Waals surface area contributed by atoms with E-state index in [4.69, 9.17) is 4.98 Å². The quantitative estimate of drug-likeness (QED) is 0.491. The molecule has 1 atom stereocenters. The van der Waals surface area contributed by atoms with Crippen LogP contribution in [-0.4, -0.2) is 42.0 Å². The molecule has 2 heterocycles. The summed E-state index contributed by atoms with van der Waals surface area (Å²) >= 11 is 1.39. The number of sulfonamides is 1. The third kappa shape index (κ3) is 5.23. The number of rotatable bonds is 6. The van der Waals surface area contributed by atoms with Gasteiger partial charge in [-0.25, -0.2) is 13.4 Å². The number of para-hydroxylation sites is 1. The van der Waals surface area contributed by atoms with E-state index in [1.54, 1.807) is 22.5 Å². The minimum absolute atomic E-state index is 0.0863. The minimum atomic E-state index is -3.50. The lowest BCUT2D eigenvalue weighted by atomic mass is 10.1. The Morgan fingerprint density at radius 2 is 1.76 bits per heavy atom. The van der Waals surface area contributed by atoms with Crippen LogP contribution in [0.5, 0.6) is 0 Å². The Hall–Kier alpha value is -2.42. The van der Waals surface area contributed by atoms with E-state index in [0.29, 0.717) is 18.0 Å². The third-order valence-electron chi connectivity index (χ3n) is 5.99. The van der Waals surface area contributed by atoms with Gasteiger partial charge < -0.3 is 5.32 Å². The molecule has 0 saturated carbocycles. The van der Waals surface area contributed by atoms with E-state index >= 15 is 0 Å². The zero-order valence-electron chi connectivity index (χ0n) is 19.2. The third-order valence-corrected chi connectivity index (χ3v) is 8.90. The summed E-state index contributed by atoms with van der Waals surface area (Å²) in [6, 6.07) is 14.7. The van der Waals surface area contributed by atoms with Crippen LogP contribution >= 0.6 is 11.8 Å². The monoisotopic (exact) mass is 483 g/mol. The summed E-state index contributed by atoms with van der Waals surface area (Å²) in [6.07, 6.45) is 2.89. The number of hydrogen-bond donors (Lipinski definition) is 1. The molecule has 1 fully saturated rings. The van der Waals surface area contributed by atoms with Crippen molar-refractivity contribution in [3.8, 4) is 0 Å². The second-order valence-corrected chi connectivity index (χ2v) is 11.8. The SMILES string of the molecule is Cc1ccccc1NC(=O)[C@H](C)Sc1cc(C)c2cc(S(=O)(=O)N3CCCCC3)ccc2n1. The molecule has 0 bridgehead atoms. The van der Waals surface area contributed by atoms with Gasteiger partial charge in [-0.05, 0) is 75.1 Å². The average Bonchev–Trinajstić information content (AvgIpc) is 2.81. The van der Waals surface area contributed by atoms with E-state index in [0.717, 1.165) is 52.0 Å². The molecule has 0 aliphatic carbocycles. The lowest BCUT2D eigenvalue weighted by Gasteiger charge is -2.26. The first-order valence-corrected chi connectivity index (χ1v) is 13.5. The van der Waals surface area contributed by atoms with Crippen molar-refractivity contribution in [2.75, 3.05) is 18.4 Å². The van der Waals surface area contributed by atoms with Gasteiger partial charge in [0.15, 0.2) is 0 Å². The lowest BCUT2D eigenvalue weighted by Crippen LogP contribution is -2.35. The number of benzene rings is 2. The highest BCUT2D eigenvalue weighted by molar-refractivity contribution is 8.00. The number of pyridine rings is 1. The van der Waals surface area contributed by atoms with Crippen LogP contribution in [0.25, 0.3) is 10.9 Å². The van der Waals surface area contributed by atoms with Crippen LogP contribution in [0, 0.1) is 13.8 Å². The second kappa shape index (κ2) is 9.83. The van der Waals surface area contributed by atoms with Crippen molar-refractivity contribution in [1.29, 1.82) is 0 Å². The van der Waals surface area contributed by atoms with Crippen LogP contribution in [0.2, 0.25) is 0 Å². The second-order valence-electron chi connectivity index (χ2n) is 8.49. The summed E-state index contributed by atoms with van der Waals surface area (Å²) in [6.45, 7) is 6.92. The van der Waals surface area contributed by atoms with Gasteiger partial charge in [-0.1, -0.05) is 36.4 Å². The molecule has 1 N–H and O–H groups in total. The predicted molar refractivity (Wildman–Crippen MR) is 134 cm³/mol. The molecule has 1 amide bonds. The normalized spacial score (nSPS) is 16.0. The molecule has 33 heavy (non-hydrogen) atoms. The van der Waals surface area contributed by atoms with Crippen LogP contribution in [-0.2, 0) is 14.8 Å². The largest absolute Gasteiger partial charge is 0.325 e. The Kier molecular flexibility index (Phi) is 7.07. The predicted octanol–water partition coefficient (Wildman–Crippen LogP) is 5.15. The molecule has 1 aliphatic rings. The van der Waals surface area contributed by atoms with Crippen molar-refractivity contribution < 1.29 is 13.2 Å². The smallest absolute Gasteiger partial charge is 0.243 e. The van der Waals surface area contributed by atoms with Gasteiger partial charge in [0, 0.05) is 24.2 Å². The van der Waals surface area contributed by atoms with Gasteiger partial charge in [0.25, 0.3) is 0 Å². The minimum Gasteiger partial charge on any atom is -0.325 e. The van der Waals surface area contributed by atoms with Crippen molar-refractivity contribution in [1.82, 2.24) is 9.29 Å². The van der Waals surface area contributed by atoms with Gasteiger partial charge in [0.2, 0.25) is 15.9 Å². The van der Waals surface area contributed by atoms with Crippen molar-refractivity contribution >= 4 is 44.3 Å². The van der Waals surface area contributed by atoms with Gasteiger partial charge in [-0.15, -0.1) is 0 Å². The molecule has 1 saturated heterocycles. The molecule has 174 valence electrons. The fourth-order valence-corrected chi connectivity index (χ4v) is 6.47. The Morgan fingerprint density at radius 1 is 1.03 bits per heavy atom. The molecule has 1 aromatic heterocycles.